The summed E-state index contributed by atoms with van der Waals surface area (Å²) < 4.78 is 0. The Morgan fingerprint density at radius 1 is 1.12 bits per heavy atom. The molecular weight excluding hydrogens is 304 g/mol. The van der Waals surface area contributed by atoms with Crippen LogP contribution in [0.2, 0.25) is 0 Å². The third-order valence-electron chi connectivity index (χ3n) is 5.05. The van der Waals surface area contributed by atoms with Crippen molar-refractivity contribution in [3.05, 3.63) is 0 Å². The molecule has 1 N–H and O–H groups in total. The quantitative estimate of drug-likeness (QED) is 0.586. The lowest BCUT2D eigenvalue weighted by atomic mass is 9.93. The van der Waals surface area contributed by atoms with Crippen LogP contribution in [-0.4, -0.2) is 59.0 Å². The van der Waals surface area contributed by atoms with Gasteiger partial charge in [-0.25, -0.2) is 0 Å². The summed E-state index contributed by atoms with van der Waals surface area (Å²) in [5, 5.41) is 8.87. The Morgan fingerprint density at radius 3 is 2.29 bits per heavy atom. The molecule has 140 valence electrons. The lowest BCUT2D eigenvalue weighted by molar-refractivity contribution is -0.139. The van der Waals surface area contributed by atoms with Crippen molar-refractivity contribution in [3.63, 3.8) is 0 Å². The molecule has 1 rings (SSSR count). The number of hydrogen-bond acceptors (Lipinski definition) is 3. The summed E-state index contributed by atoms with van der Waals surface area (Å²) in [6, 6.07) is 0.379. The first-order chi connectivity index (χ1) is 11.4. The van der Waals surface area contributed by atoms with Gasteiger partial charge in [-0.2, -0.15) is 0 Å². The molecule has 0 aromatic rings. The van der Waals surface area contributed by atoms with Crippen molar-refractivity contribution in [2.75, 3.05) is 26.2 Å². The second kappa shape index (κ2) is 11.5. The number of rotatable bonds is 11. The summed E-state index contributed by atoms with van der Waals surface area (Å²) in [7, 11) is 0. The van der Waals surface area contributed by atoms with Crippen molar-refractivity contribution in [1.29, 1.82) is 0 Å². The summed E-state index contributed by atoms with van der Waals surface area (Å²) in [5.74, 6) is -0.300. The highest BCUT2D eigenvalue weighted by Gasteiger charge is 2.25. The third-order valence-corrected chi connectivity index (χ3v) is 5.05. The molecule has 1 amide bonds. The fourth-order valence-electron chi connectivity index (χ4n) is 3.35. The first-order valence-corrected chi connectivity index (χ1v) is 9.67. The van der Waals surface area contributed by atoms with E-state index in [1.54, 1.807) is 0 Å². The number of aliphatic carboxylic acids is 1. The van der Waals surface area contributed by atoms with E-state index in [2.05, 4.69) is 25.7 Å². The van der Waals surface area contributed by atoms with Gasteiger partial charge in [-0.1, -0.05) is 32.6 Å². The van der Waals surface area contributed by atoms with Crippen molar-refractivity contribution < 1.29 is 14.7 Å². The predicted octanol–water partition coefficient (Wildman–Crippen LogP) is 3.38. The molecule has 0 unspecified atom stereocenters. The van der Waals surface area contributed by atoms with Crippen molar-refractivity contribution in [1.82, 2.24) is 9.80 Å². The Labute approximate surface area is 147 Å². The minimum absolute atomic E-state index is 0.200. The smallest absolute Gasteiger partial charge is 0.303 e. The van der Waals surface area contributed by atoms with Gasteiger partial charge in [0, 0.05) is 25.6 Å². The van der Waals surface area contributed by atoms with E-state index in [1.807, 2.05) is 4.90 Å². The topological polar surface area (TPSA) is 60.9 Å². The van der Waals surface area contributed by atoms with E-state index >= 15 is 0 Å². The molecule has 0 spiro atoms. The molecule has 0 saturated carbocycles. The number of unbranched alkanes of at least 4 members (excludes halogenated alkanes) is 4. The Kier molecular flexibility index (Phi) is 9.99. The van der Waals surface area contributed by atoms with Crippen molar-refractivity contribution in [2.45, 2.75) is 78.2 Å². The normalized spacial score (nSPS) is 16.1. The maximum Gasteiger partial charge on any atom is 0.303 e. The fraction of sp³-hybridized carbons (Fsp3) is 0.895. The van der Waals surface area contributed by atoms with Crippen LogP contribution < -0.4 is 0 Å². The summed E-state index contributed by atoms with van der Waals surface area (Å²) in [6.07, 6.45) is 8.10. The molecule has 0 atom stereocenters. The van der Waals surface area contributed by atoms with Gasteiger partial charge in [0.1, 0.15) is 0 Å². The number of hydrogen-bond donors (Lipinski definition) is 1. The standard InChI is InChI=1S/C19H36N2O3/c1-4-5-6-7-8-11-21(16(2)3)15-18(22)20-12-9-17(10-13-20)14-19(23)24/h16-17H,4-15H2,1-3H3,(H,23,24). The van der Waals surface area contributed by atoms with E-state index in [0.29, 0.717) is 25.7 Å². The first kappa shape index (κ1) is 20.9. The fourth-order valence-corrected chi connectivity index (χ4v) is 3.35. The monoisotopic (exact) mass is 340 g/mol. The van der Waals surface area contributed by atoms with Crippen LogP contribution in [0.1, 0.15) is 72.1 Å². The van der Waals surface area contributed by atoms with Gasteiger partial charge in [-0.3, -0.25) is 14.5 Å². The largest absolute Gasteiger partial charge is 0.481 e. The van der Waals surface area contributed by atoms with Gasteiger partial charge < -0.3 is 10.0 Å². The van der Waals surface area contributed by atoms with Gasteiger partial charge in [0.15, 0.2) is 0 Å². The molecule has 1 aliphatic heterocycles. The first-order valence-electron chi connectivity index (χ1n) is 9.67. The van der Waals surface area contributed by atoms with Crippen LogP contribution in [0.4, 0.5) is 0 Å². The number of carboxylic acids is 1. The SMILES string of the molecule is CCCCCCCN(CC(=O)N1CCC(CC(=O)O)CC1)C(C)C. The number of piperidine rings is 1. The predicted molar refractivity (Wildman–Crippen MR) is 97.0 cm³/mol. The second-order valence-electron chi connectivity index (χ2n) is 7.40. The zero-order valence-electron chi connectivity index (χ0n) is 15.8. The molecule has 1 fully saturated rings. The van der Waals surface area contributed by atoms with Crippen LogP contribution in [0.3, 0.4) is 0 Å². The zero-order valence-corrected chi connectivity index (χ0v) is 15.8. The Balaban J connectivity index is 2.33. The number of carboxylic acid groups (broad SMARTS) is 1. The second-order valence-corrected chi connectivity index (χ2v) is 7.40. The van der Waals surface area contributed by atoms with E-state index in [0.717, 1.165) is 25.8 Å². The molecule has 24 heavy (non-hydrogen) atoms. The van der Waals surface area contributed by atoms with Crippen molar-refractivity contribution in [3.8, 4) is 0 Å². The maximum atomic E-state index is 12.5. The molecule has 5 heteroatoms. The van der Waals surface area contributed by atoms with E-state index in [1.165, 1.54) is 25.7 Å². The van der Waals surface area contributed by atoms with Gasteiger partial charge in [-0.15, -0.1) is 0 Å². The lowest BCUT2D eigenvalue weighted by Gasteiger charge is -2.34. The van der Waals surface area contributed by atoms with E-state index in [9.17, 15) is 9.59 Å². The maximum absolute atomic E-state index is 12.5. The Bertz CT molecular complexity index is 377. The molecule has 0 aliphatic carbocycles. The van der Waals surface area contributed by atoms with Gasteiger partial charge >= 0.3 is 5.97 Å². The lowest BCUT2D eigenvalue weighted by Crippen LogP contribution is -2.46. The van der Waals surface area contributed by atoms with Crippen LogP contribution in [0.25, 0.3) is 0 Å². The number of nitrogens with zero attached hydrogens (tertiary/aromatic N) is 2. The summed E-state index contributed by atoms with van der Waals surface area (Å²) in [4.78, 5) is 27.5. The molecule has 0 aromatic heterocycles. The number of likely N-dealkylation sites (tertiary alicyclic amines) is 1. The Morgan fingerprint density at radius 2 is 1.75 bits per heavy atom. The average Bonchev–Trinajstić information content (AvgIpc) is 2.53. The summed E-state index contributed by atoms with van der Waals surface area (Å²) in [5.41, 5.74) is 0. The molecule has 1 aliphatic rings. The molecule has 1 saturated heterocycles. The molecule has 0 bridgehead atoms. The molecule has 0 radical (unpaired) electrons. The van der Waals surface area contributed by atoms with Crippen LogP contribution in [-0.2, 0) is 9.59 Å². The van der Waals surface area contributed by atoms with Crippen LogP contribution in [0, 0.1) is 5.92 Å². The van der Waals surface area contributed by atoms with Crippen molar-refractivity contribution in [2.24, 2.45) is 5.92 Å². The minimum Gasteiger partial charge on any atom is -0.481 e. The Hall–Kier alpha value is -1.10. The van der Waals surface area contributed by atoms with Gasteiger partial charge in [0.2, 0.25) is 5.91 Å². The highest BCUT2D eigenvalue weighted by atomic mass is 16.4. The highest BCUT2D eigenvalue weighted by Crippen LogP contribution is 2.20. The number of amides is 1. The van der Waals surface area contributed by atoms with Crippen LogP contribution in [0.15, 0.2) is 0 Å². The van der Waals surface area contributed by atoms with E-state index in [-0.39, 0.29) is 18.2 Å². The van der Waals surface area contributed by atoms with E-state index < -0.39 is 5.97 Å². The number of carbonyl (C=O) groups is 2. The molecule has 5 nitrogen and oxygen atoms in total. The average molecular weight is 341 g/mol. The summed E-state index contributed by atoms with van der Waals surface area (Å²) in [6.45, 7) is 9.42. The highest BCUT2D eigenvalue weighted by molar-refractivity contribution is 5.78. The van der Waals surface area contributed by atoms with Crippen LogP contribution in [0.5, 0.6) is 0 Å². The molecule has 1 heterocycles. The van der Waals surface area contributed by atoms with Crippen molar-refractivity contribution >= 4 is 11.9 Å². The van der Waals surface area contributed by atoms with Gasteiger partial charge in [0.25, 0.3) is 0 Å². The minimum atomic E-state index is -0.728. The van der Waals surface area contributed by atoms with Crippen LogP contribution >= 0.6 is 0 Å². The third kappa shape index (κ3) is 8.13. The molecular formula is C19H36N2O3. The van der Waals surface area contributed by atoms with E-state index in [4.69, 9.17) is 5.11 Å². The zero-order chi connectivity index (χ0) is 17.9. The molecule has 0 aromatic carbocycles. The number of carbonyl (C=O) groups excluding carboxylic acids is 1. The summed E-state index contributed by atoms with van der Waals surface area (Å²) >= 11 is 0. The van der Waals surface area contributed by atoms with Gasteiger partial charge in [-0.05, 0) is 45.6 Å². The van der Waals surface area contributed by atoms with Gasteiger partial charge in [0.05, 0.1) is 6.54 Å².